The number of alkyl halides is 2. The van der Waals surface area contributed by atoms with Crippen molar-refractivity contribution in [2.24, 2.45) is 0 Å². The Balaban J connectivity index is 2.96. The van der Waals surface area contributed by atoms with Gasteiger partial charge < -0.3 is 4.42 Å². The monoisotopic (exact) mass is 211 g/mol. The Kier molecular flexibility index (Phi) is 1.76. The molecule has 0 atom stereocenters. The topological polar surface area (TPSA) is 26.0 Å². The Morgan fingerprint density at radius 2 is 2.30 bits per heavy atom. The van der Waals surface area contributed by atoms with E-state index in [2.05, 4.69) is 25.3 Å². The molecule has 0 aliphatic heterocycles. The molecule has 10 heavy (non-hydrogen) atoms. The van der Waals surface area contributed by atoms with Crippen molar-refractivity contribution in [1.29, 1.82) is 0 Å². The van der Waals surface area contributed by atoms with E-state index in [1.165, 1.54) is 0 Å². The van der Waals surface area contributed by atoms with Crippen molar-refractivity contribution in [1.82, 2.24) is 4.98 Å². The average Bonchev–Trinajstić information content (AvgIpc) is 2.11. The molecule has 1 rings (SSSR count). The average molecular weight is 212 g/mol. The van der Waals surface area contributed by atoms with E-state index >= 15 is 0 Å². The number of hydrogen-bond acceptors (Lipinski definition) is 2. The molecule has 5 heteroatoms. The molecular formula is C5H4BrF2NO. The second-order valence-electron chi connectivity index (χ2n) is 1.87. The summed E-state index contributed by atoms with van der Waals surface area (Å²) in [6, 6.07) is 0. The van der Waals surface area contributed by atoms with E-state index in [-0.39, 0.29) is 4.80 Å². The normalized spacial score (nSPS) is 12.0. The van der Waals surface area contributed by atoms with Crippen LogP contribution in [-0.2, 0) is 5.92 Å². The molecule has 0 aliphatic rings. The van der Waals surface area contributed by atoms with Crippen molar-refractivity contribution in [3.8, 4) is 0 Å². The highest BCUT2D eigenvalue weighted by atomic mass is 79.9. The highest BCUT2D eigenvalue weighted by Gasteiger charge is 2.28. The first kappa shape index (κ1) is 7.65. The molecule has 0 aromatic carbocycles. The minimum absolute atomic E-state index is 0.0732. The maximum Gasteiger partial charge on any atom is 0.303 e. The van der Waals surface area contributed by atoms with Crippen LogP contribution in [0.2, 0.25) is 0 Å². The van der Waals surface area contributed by atoms with Gasteiger partial charge in [0.05, 0.1) is 6.20 Å². The Labute approximate surface area is 64.4 Å². The van der Waals surface area contributed by atoms with E-state index in [0.29, 0.717) is 0 Å². The first-order valence-corrected chi connectivity index (χ1v) is 3.29. The first-order valence-electron chi connectivity index (χ1n) is 2.50. The van der Waals surface area contributed by atoms with Gasteiger partial charge >= 0.3 is 5.92 Å². The predicted octanol–water partition coefficient (Wildman–Crippen LogP) is 2.55. The molecule has 0 unspecified atom stereocenters. The third-order valence-corrected chi connectivity index (χ3v) is 1.28. The SMILES string of the molecule is CC(F)(F)c1cnc(Br)o1. The fourth-order valence-corrected chi connectivity index (χ4v) is 0.733. The van der Waals surface area contributed by atoms with Crippen molar-refractivity contribution in [2.45, 2.75) is 12.8 Å². The number of aromatic nitrogens is 1. The van der Waals surface area contributed by atoms with Gasteiger partial charge in [-0.2, -0.15) is 8.78 Å². The van der Waals surface area contributed by atoms with Crippen molar-refractivity contribution in [3.05, 3.63) is 16.8 Å². The van der Waals surface area contributed by atoms with E-state index in [1.807, 2.05) is 0 Å². The quantitative estimate of drug-likeness (QED) is 0.714. The largest absolute Gasteiger partial charge is 0.430 e. The molecule has 0 radical (unpaired) electrons. The van der Waals surface area contributed by atoms with Crippen LogP contribution >= 0.6 is 15.9 Å². The minimum atomic E-state index is -2.95. The lowest BCUT2D eigenvalue weighted by Gasteiger charge is -2.02. The molecule has 2 nitrogen and oxygen atoms in total. The molecule has 1 heterocycles. The van der Waals surface area contributed by atoms with Crippen LogP contribution in [-0.4, -0.2) is 4.98 Å². The predicted molar refractivity (Wildman–Crippen MR) is 33.8 cm³/mol. The molecule has 1 aromatic rings. The third-order valence-electron chi connectivity index (χ3n) is 0.910. The van der Waals surface area contributed by atoms with Gasteiger partial charge in [0.1, 0.15) is 0 Å². The summed E-state index contributed by atoms with van der Waals surface area (Å²) in [5.41, 5.74) is 0. The zero-order valence-electron chi connectivity index (χ0n) is 5.07. The fraction of sp³-hybridized carbons (Fsp3) is 0.400. The molecule has 56 valence electrons. The van der Waals surface area contributed by atoms with Crippen molar-refractivity contribution in [2.75, 3.05) is 0 Å². The molecule has 0 bridgehead atoms. The summed E-state index contributed by atoms with van der Waals surface area (Å²) in [6.07, 6.45) is 0.990. The molecule has 0 fully saturated rings. The second-order valence-corrected chi connectivity index (χ2v) is 2.54. The summed E-state index contributed by atoms with van der Waals surface area (Å²) in [7, 11) is 0. The molecule has 0 aliphatic carbocycles. The zero-order chi connectivity index (χ0) is 7.78. The lowest BCUT2D eigenvalue weighted by Crippen LogP contribution is -2.04. The Morgan fingerprint density at radius 3 is 2.50 bits per heavy atom. The van der Waals surface area contributed by atoms with E-state index < -0.39 is 11.7 Å². The van der Waals surface area contributed by atoms with Gasteiger partial charge in [-0.1, -0.05) is 0 Å². The number of rotatable bonds is 1. The Morgan fingerprint density at radius 1 is 1.70 bits per heavy atom. The smallest absolute Gasteiger partial charge is 0.303 e. The van der Waals surface area contributed by atoms with Gasteiger partial charge in [-0.15, -0.1) is 0 Å². The Hall–Kier alpha value is -0.450. The molecule has 1 aromatic heterocycles. The summed E-state index contributed by atoms with van der Waals surface area (Å²) in [5, 5.41) is 0. The molecule has 0 N–H and O–H groups in total. The van der Waals surface area contributed by atoms with Gasteiger partial charge in [-0.3, -0.25) is 0 Å². The van der Waals surface area contributed by atoms with E-state index in [4.69, 9.17) is 0 Å². The van der Waals surface area contributed by atoms with Crippen LogP contribution in [0.3, 0.4) is 0 Å². The second kappa shape index (κ2) is 2.30. The number of hydrogen-bond donors (Lipinski definition) is 0. The lowest BCUT2D eigenvalue weighted by molar-refractivity contribution is -0.00606. The van der Waals surface area contributed by atoms with Crippen LogP contribution in [0.1, 0.15) is 12.7 Å². The number of nitrogens with zero attached hydrogens (tertiary/aromatic N) is 1. The van der Waals surface area contributed by atoms with E-state index in [9.17, 15) is 8.78 Å². The molecule has 0 saturated carbocycles. The zero-order valence-corrected chi connectivity index (χ0v) is 6.65. The third kappa shape index (κ3) is 1.53. The van der Waals surface area contributed by atoms with Gasteiger partial charge in [-0.25, -0.2) is 4.98 Å². The summed E-state index contributed by atoms with van der Waals surface area (Å²) >= 11 is 2.81. The Bertz CT molecular complexity index is 230. The standard InChI is InChI=1S/C5H4BrF2NO/c1-5(7,8)3-2-9-4(6)10-3/h2H,1H3. The van der Waals surface area contributed by atoms with E-state index in [1.54, 1.807) is 0 Å². The van der Waals surface area contributed by atoms with Crippen LogP contribution in [0.25, 0.3) is 0 Å². The highest BCUT2D eigenvalue weighted by Crippen LogP contribution is 2.28. The summed E-state index contributed by atoms with van der Waals surface area (Å²) in [6.45, 7) is 0.750. The van der Waals surface area contributed by atoms with Gasteiger partial charge in [0.15, 0.2) is 5.76 Å². The summed E-state index contributed by atoms with van der Waals surface area (Å²) < 4.78 is 29.1. The number of halogens is 3. The van der Waals surface area contributed by atoms with Crippen LogP contribution in [0.4, 0.5) is 8.78 Å². The van der Waals surface area contributed by atoms with Crippen LogP contribution in [0, 0.1) is 0 Å². The van der Waals surface area contributed by atoms with Gasteiger partial charge in [0, 0.05) is 22.9 Å². The first-order chi connectivity index (χ1) is 4.50. The van der Waals surface area contributed by atoms with E-state index in [0.717, 1.165) is 13.1 Å². The fourth-order valence-electron chi connectivity index (χ4n) is 0.456. The van der Waals surface area contributed by atoms with Gasteiger partial charge in [0.25, 0.3) is 4.80 Å². The molecule has 0 spiro atoms. The maximum absolute atomic E-state index is 12.3. The molecule has 0 amide bonds. The molecular weight excluding hydrogens is 208 g/mol. The van der Waals surface area contributed by atoms with Crippen molar-refractivity contribution in [3.63, 3.8) is 0 Å². The summed E-state index contributed by atoms with van der Waals surface area (Å²) in [5.74, 6) is -3.38. The van der Waals surface area contributed by atoms with Crippen molar-refractivity contribution >= 4 is 15.9 Å². The van der Waals surface area contributed by atoms with Crippen LogP contribution in [0.5, 0.6) is 0 Å². The van der Waals surface area contributed by atoms with Crippen LogP contribution in [0.15, 0.2) is 15.4 Å². The van der Waals surface area contributed by atoms with Gasteiger partial charge in [-0.05, 0) is 0 Å². The van der Waals surface area contributed by atoms with Gasteiger partial charge in [0.2, 0.25) is 0 Å². The lowest BCUT2D eigenvalue weighted by atomic mass is 10.3. The minimum Gasteiger partial charge on any atom is -0.430 e. The van der Waals surface area contributed by atoms with Crippen molar-refractivity contribution < 1.29 is 13.2 Å². The molecule has 0 saturated heterocycles. The summed E-state index contributed by atoms with van der Waals surface area (Å²) in [4.78, 5) is 3.53. The highest BCUT2D eigenvalue weighted by molar-refractivity contribution is 9.10. The maximum atomic E-state index is 12.3. The number of oxazole rings is 1. The van der Waals surface area contributed by atoms with Crippen LogP contribution < -0.4 is 0 Å².